The lowest BCUT2D eigenvalue weighted by Crippen LogP contribution is -2.56. The van der Waals surface area contributed by atoms with Crippen molar-refractivity contribution in [1.82, 2.24) is 15.1 Å². The van der Waals surface area contributed by atoms with Crippen molar-refractivity contribution in [2.45, 2.75) is 19.9 Å². The van der Waals surface area contributed by atoms with Crippen LogP contribution in [0.3, 0.4) is 0 Å². The van der Waals surface area contributed by atoms with E-state index in [2.05, 4.69) is 10.2 Å². The molecular formula is C24H28ClF2N3O3. The molecule has 1 atom stereocenters. The Morgan fingerprint density at radius 2 is 1.64 bits per heavy atom. The number of rotatable bonds is 8. The lowest BCUT2D eigenvalue weighted by Gasteiger charge is -2.37. The van der Waals surface area contributed by atoms with Crippen LogP contribution in [-0.2, 0) is 4.79 Å². The molecule has 6 nitrogen and oxygen atoms in total. The molecule has 33 heavy (non-hydrogen) atoms. The number of hydrogen-bond acceptors (Lipinski definition) is 4. The van der Waals surface area contributed by atoms with Gasteiger partial charge in [-0.2, -0.15) is 0 Å². The van der Waals surface area contributed by atoms with Crippen LogP contribution >= 0.6 is 11.6 Å². The van der Waals surface area contributed by atoms with Crippen molar-refractivity contribution in [3.63, 3.8) is 0 Å². The van der Waals surface area contributed by atoms with E-state index in [-0.39, 0.29) is 11.8 Å². The van der Waals surface area contributed by atoms with E-state index in [1.165, 1.54) is 6.07 Å². The number of ether oxygens (including phenoxy) is 1. The first-order valence-electron chi connectivity index (χ1n) is 10.9. The predicted octanol–water partition coefficient (Wildman–Crippen LogP) is 3.60. The van der Waals surface area contributed by atoms with Gasteiger partial charge in [-0.15, -0.1) is 0 Å². The van der Waals surface area contributed by atoms with Crippen LogP contribution in [0.25, 0.3) is 0 Å². The van der Waals surface area contributed by atoms with Gasteiger partial charge >= 0.3 is 0 Å². The fourth-order valence-corrected chi connectivity index (χ4v) is 3.78. The van der Waals surface area contributed by atoms with Crippen LogP contribution in [0.2, 0.25) is 5.02 Å². The normalized spacial score (nSPS) is 15.4. The minimum Gasteiger partial charge on any atom is -0.492 e. The second kappa shape index (κ2) is 11.4. The molecule has 1 aliphatic heterocycles. The van der Waals surface area contributed by atoms with Crippen LogP contribution in [0, 0.1) is 17.6 Å². The zero-order valence-corrected chi connectivity index (χ0v) is 19.4. The molecule has 1 aliphatic rings. The molecule has 0 aromatic heterocycles. The molecule has 0 aliphatic carbocycles. The van der Waals surface area contributed by atoms with E-state index in [0.29, 0.717) is 44.4 Å². The molecule has 178 valence electrons. The highest BCUT2D eigenvalue weighted by atomic mass is 35.5. The van der Waals surface area contributed by atoms with Gasteiger partial charge in [-0.05, 0) is 42.3 Å². The van der Waals surface area contributed by atoms with Gasteiger partial charge in [0.05, 0.1) is 0 Å². The van der Waals surface area contributed by atoms with Gasteiger partial charge in [-0.25, -0.2) is 8.78 Å². The van der Waals surface area contributed by atoms with Crippen molar-refractivity contribution in [2.75, 3.05) is 39.3 Å². The average Bonchev–Trinajstić information content (AvgIpc) is 2.78. The number of amides is 2. The van der Waals surface area contributed by atoms with Crippen LogP contribution in [0.1, 0.15) is 24.2 Å². The van der Waals surface area contributed by atoms with E-state index < -0.39 is 29.1 Å². The average molecular weight is 480 g/mol. The van der Waals surface area contributed by atoms with Gasteiger partial charge in [0.25, 0.3) is 5.91 Å². The van der Waals surface area contributed by atoms with E-state index in [4.69, 9.17) is 16.3 Å². The second-order valence-corrected chi connectivity index (χ2v) is 8.70. The number of benzene rings is 2. The molecule has 1 N–H and O–H groups in total. The third kappa shape index (κ3) is 6.65. The summed E-state index contributed by atoms with van der Waals surface area (Å²) in [4.78, 5) is 29.5. The minimum absolute atomic E-state index is 0.248. The standard InChI is InChI=1S/C24H28ClF2N3O3/c1-16(2)22(28-23(31)21-19(26)4-3-5-20(21)27)24(32)30-12-10-29(11-13-30)14-15-33-18-8-6-17(25)7-9-18/h3-9,16,22H,10-15H2,1-2H3,(H,28,31). The smallest absolute Gasteiger partial charge is 0.257 e. The van der Waals surface area contributed by atoms with E-state index in [9.17, 15) is 18.4 Å². The number of nitrogens with one attached hydrogen (secondary N) is 1. The van der Waals surface area contributed by atoms with Crippen LogP contribution < -0.4 is 10.1 Å². The number of carbonyl (C=O) groups is 2. The molecule has 0 bridgehead atoms. The summed E-state index contributed by atoms with van der Waals surface area (Å²) in [5.74, 6) is -2.62. The monoisotopic (exact) mass is 479 g/mol. The van der Waals surface area contributed by atoms with E-state index >= 15 is 0 Å². The van der Waals surface area contributed by atoms with Gasteiger partial charge in [0, 0.05) is 37.7 Å². The van der Waals surface area contributed by atoms with Crippen molar-refractivity contribution in [2.24, 2.45) is 5.92 Å². The van der Waals surface area contributed by atoms with E-state index in [0.717, 1.165) is 17.9 Å². The van der Waals surface area contributed by atoms with Gasteiger partial charge in [0.2, 0.25) is 5.91 Å². The summed E-state index contributed by atoms with van der Waals surface area (Å²) < 4.78 is 33.6. The summed E-state index contributed by atoms with van der Waals surface area (Å²) in [5, 5.41) is 3.18. The van der Waals surface area contributed by atoms with Gasteiger partial charge in [0.15, 0.2) is 0 Å². The fraction of sp³-hybridized carbons (Fsp3) is 0.417. The van der Waals surface area contributed by atoms with E-state index in [1.54, 1.807) is 30.9 Å². The molecule has 3 rings (SSSR count). The maximum Gasteiger partial charge on any atom is 0.257 e. The van der Waals surface area contributed by atoms with Crippen molar-refractivity contribution >= 4 is 23.4 Å². The molecule has 1 heterocycles. The summed E-state index contributed by atoms with van der Waals surface area (Å²) >= 11 is 5.87. The molecule has 1 saturated heterocycles. The third-order valence-electron chi connectivity index (χ3n) is 5.58. The van der Waals surface area contributed by atoms with Crippen molar-refractivity contribution in [3.8, 4) is 5.75 Å². The summed E-state index contributed by atoms with van der Waals surface area (Å²) in [6.07, 6.45) is 0. The Morgan fingerprint density at radius 3 is 2.21 bits per heavy atom. The number of hydrogen-bond donors (Lipinski definition) is 1. The largest absolute Gasteiger partial charge is 0.492 e. The van der Waals surface area contributed by atoms with Gasteiger partial charge in [-0.1, -0.05) is 31.5 Å². The SMILES string of the molecule is CC(C)C(NC(=O)c1c(F)cccc1F)C(=O)N1CCN(CCOc2ccc(Cl)cc2)CC1. The van der Waals surface area contributed by atoms with Crippen LogP contribution in [-0.4, -0.2) is 67.0 Å². The van der Waals surface area contributed by atoms with Gasteiger partial charge in [-0.3, -0.25) is 14.5 Å². The maximum atomic E-state index is 14.0. The topological polar surface area (TPSA) is 61.9 Å². The Hall–Kier alpha value is -2.71. The van der Waals surface area contributed by atoms with Crippen molar-refractivity contribution < 1.29 is 23.1 Å². The number of nitrogens with zero attached hydrogens (tertiary/aromatic N) is 2. The summed E-state index contributed by atoms with van der Waals surface area (Å²) in [7, 11) is 0. The number of piperazine rings is 1. The number of carbonyl (C=O) groups excluding carboxylic acids is 2. The molecule has 1 unspecified atom stereocenters. The summed E-state index contributed by atoms with van der Waals surface area (Å²) in [5.41, 5.74) is -0.679. The molecular weight excluding hydrogens is 452 g/mol. The van der Waals surface area contributed by atoms with E-state index in [1.807, 2.05) is 12.1 Å². The van der Waals surface area contributed by atoms with Crippen LogP contribution in [0.4, 0.5) is 8.78 Å². The van der Waals surface area contributed by atoms with Gasteiger partial charge < -0.3 is 15.0 Å². The summed E-state index contributed by atoms with van der Waals surface area (Å²) in [6.45, 7) is 7.10. The second-order valence-electron chi connectivity index (χ2n) is 8.26. The Labute approximate surface area is 197 Å². The number of halogens is 3. The fourth-order valence-electron chi connectivity index (χ4n) is 3.65. The van der Waals surface area contributed by atoms with Crippen molar-refractivity contribution in [3.05, 3.63) is 64.7 Å². The quantitative estimate of drug-likeness (QED) is 0.628. The molecule has 2 aromatic rings. The molecule has 0 radical (unpaired) electrons. The zero-order valence-electron chi connectivity index (χ0n) is 18.7. The molecule has 0 saturated carbocycles. The molecule has 0 spiro atoms. The molecule has 1 fully saturated rings. The highest BCUT2D eigenvalue weighted by Crippen LogP contribution is 2.17. The Bertz CT molecular complexity index is 944. The first-order valence-corrected chi connectivity index (χ1v) is 11.3. The van der Waals surface area contributed by atoms with Gasteiger partial charge in [0.1, 0.15) is 35.6 Å². The first kappa shape index (κ1) is 24.9. The zero-order chi connectivity index (χ0) is 24.0. The molecule has 2 aromatic carbocycles. The Balaban J connectivity index is 1.51. The minimum atomic E-state index is -0.961. The summed E-state index contributed by atoms with van der Waals surface area (Å²) in [6, 6.07) is 9.50. The lowest BCUT2D eigenvalue weighted by atomic mass is 10.0. The third-order valence-corrected chi connectivity index (χ3v) is 5.83. The highest BCUT2D eigenvalue weighted by molar-refractivity contribution is 6.30. The Morgan fingerprint density at radius 1 is 1.03 bits per heavy atom. The molecule has 9 heteroatoms. The first-order chi connectivity index (χ1) is 15.8. The van der Waals surface area contributed by atoms with Crippen molar-refractivity contribution in [1.29, 1.82) is 0 Å². The molecule has 2 amide bonds. The van der Waals surface area contributed by atoms with Crippen LogP contribution in [0.5, 0.6) is 5.75 Å². The predicted molar refractivity (Wildman–Crippen MR) is 122 cm³/mol. The maximum absolute atomic E-state index is 14.0. The highest BCUT2D eigenvalue weighted by Gasteiger charge is 2.32. The lowest BCUT2D eigenvalue weighted by molar-refractivity contribution is -0.136. The Kier molecular flexibility index (Phi) is 8.63. The van der Waals surface area contributed by atoms with Crippen LogP contribution in [0.15, 0.2) is 42.5 Å².